The first-order valence-electron chi connectivity index (χ1n) is 10.5. The molecule has 138 valence electrons. The van der Waals surface area contributed by atoms with Crippen LogP contribution in [0.5, 0.6) is 0 Å². The van der Waals surface area contributed by atoms with Gasteiger partial charge in [0, 0.05) is 18.8 Å². The van der Waals surface area contributed by atoms with Crippen molar-refractivity contribution in [2.24, 2.45) is 11.8 Å². The Morgan fingerprint density at radius 3 is 2.72 bits per heavy atom. The molecule has 2 nitrogen and oxygen atoms in total. The van der Waals surface area contributed by atoms with E-state index in [0.29, 0.717) is 6.04 Å². The Kier molecular flexibility index (Phi) is 5.29. The predicted octanol–water partition coefficient (Wildman–Crippen LogP) is 4.98. The van der Waals surface area contributed by atoms with Crippen LogP contribution >= 0.6 is 12.4 Å². The van der Waals surface area contributed by atoms with Crippen molar-refractivity contribution in [3.8, 4) is 0 Å². The normalized spacial score (nSPS) is 32.7. The quantitative estimate of drug-likeness (QED) is 0.663. The van der Waals surface area contributed by atoms with Crippen LogP contribution in [0.25, 0.3) is 0 Å². The van der Waals surface area contributed by atoms with E-state index in [-0.39, 0.29) is 12.4 Å². The van der Waals surface area contributed by atoms with E-state index >= 15 is 0 Å². The Bertz CT molecular complexity index is 597. The maximum atomic E-state index is 3.68. The van der Waals surface area contributed by atoms with Gasteiger partial charge in [0.15, 0.2) is 0 Å². The van der Waals surface area contributed by atoms with Crippen LogP contribution < -0.4 is 5.32 Å². The van der Waals surface area contributed by atoms with Gasteiger partial charge in [-0.25, -0.2) is 0 Å². The van der Waals surface area contributed by atoms with E-state index in [9.17, 15) is 0 Å². The molecule has 0 aromatic rings. The maximum absolute atomic E-state index is 3.68. The lowest BCUT2D eigenvalue weighted by atomic mass is 9.69. The van der Waals surface area contributed by atoms with E-state index in [4.69, 9.17) is 0 Å². The molecule has 0 aromatic carbocycles. The highest BCUT2D eigenvalue weighted by Gasteiger charge is 2.44. The van der Waals surface area contributed by atoms with Gasteiger partial charge in [-0.3, -0.25) is 0 Å². The van der Waals surface area contributed by atoms with Gasteiger partial charge in [0.05, 0.1) is 6.04 Å². The summed E-state index contributed by atoms with van der Waals surface area (Å²) in [4.78, 5) is 2.79. The summed E-state index contributed by atoms with van der Waals surface area (Å²) in [5.41, 5.74) is 7.24. The monoisotopic (exact) mass is 360 g/mol. The van der Waals surface area contributed by atoms with Crippen molar-refractivity contribution in [2.45, 2.75) is 70.3 Å². The summed E-state index contributed by atoms with van der Waals surface area (Å²) >= 11 is 0. The highest BCUT2D eigenvalue weighted by Crippen LogP contribution is 2.52. The van der Waals surface area contributed by atoms with Crippen molar-refractivity contribution >= 4 is 12.4 Å². The molecule has 0 bridgehead atoms. The number of rotatable bonds is 1. The Balaban J connectivity index is 0.00000157. The van der Waals surface area contributed by atoms with Gasteiger partial charge in [-0.05, 0) is 80.0 Å². The number of nitrogens with one attached hydrogen (secondary N) is 1. The van der Waals surface area contributed by atoms with Gasteiger partial charge in [-0.2, -0.15) is 0 Å². The smallest absolute Gasteiger partial charge is 0.0637 e. The molecule has 5 rings (SSSR count). The first kappa shape index (κ1) is 17.7. The van der Waals surface area contributed by atoms with Gasteiger partial charge in [-0.1, -0.05) is 31.4 Å². The Hall–Kier alpha value is -0.730. The third-order valence-electron chi connectivity index (χ3n) is 7.34. The van der Waals surface area contributed by atoms with Crippen LogP contribution in [0.2, 0.25) is 0 Å². The Morgan fingerprint density at radius 2 is 1.84 bits per heavy atom. The first-order chi connectivity index (χ1) is 11.9. The van der Waals surface area contributed by atoms with Crippen LogP contribution in [-0.4, -0.2) is 30.6 Å². The topological polar surface area (TPSA) is 15.3 Å². The zero-order valence-electron chi connectivity index (χ0n) is 15.4. The molecule has 1 saturated carbocycles. The largest absolute Gasteiger partial charge is 0.360 e. The zero-order chi connectivity index (χ0) is 15.9. The highest BCUT2D eigenvalue weighted by atomic mass is 35.5. The number of nitrogens with zero attached hydrogens (tertiary/aromatic N) is 1. The third kappa shape index (κ3) is 3.00. The van der Waals surface area contributed by atoms with E-state index in [1.54, 1.807) is 11.3 Å². The molecular formula is C22H33ClN2. The van der Waals surface area contributed by atoms with Gasteiger partial charge < -0.3 is 10.2 Å². The molecule has 3 heteroatoms. The molecule has 5 aliphatic rings. The van der Waals surface area contributed by atoms with Crippen LogP contribution in [0.1, 0.15) is 64.2 Å². The standard InChI is InChI=1S/C22H32N2.ClH/c1-3-7-16(8-4-1)18-11-10-17-9-5-2-6-14-24-20-15-23-13-12-19(20)21(18)22(17)24;/h2,6,16,18,20,23H,1,3-5,7-15H2;1H/t18-,20-;/m0./s1. The zero-order valence-corrected chi connectivity index (χ0v) is 16.3. The van der Waals surface area contributed by atoms with Crippen molar-refractivity contribution in [2.75, 3.05) is 19.6 Å². The fraction of sp³-hybridized carbons (Fsp3) is 0.727. The molecule has 1 saturated heterocycles. The van der Waals surface area contributed by atoms with Gasteiger partial charge >= 0.3 is 0 Å². The molecule has 0 amide bonds. The molecule has 25 heavy (non-hydrogen) atoms. The summed E-state index contributed by atoms with van der Waals surface area (Å²) in [5, 5.41) is 3.68. The second-order valence-corrected chi connectivity index (χ2v) is 8.57. The van der Waals surface area contributed by atoms with Gasteiger partial charge in [-0.15, -0.1) is 12.4 Å². The lowest BCUT2D eigenvalue weighted by Crippen LogP contribution is -2.43. The minimum atomic E-state index is 0. The molecule has 3 heterocycles. The van der Waals surface area contributed by atoms with E-state index in [2.05, 4.69) is 22.4 Å². The van der Waals surface area contributed by atoms with E-state index in [1.807, 2.05) is 11.1 Å². The average molecular weight is 361 g/mol. The minimum Gasteiger partial charge on any atom is -0.360 e. The number of hydrogen-bond donors (Lipinski definition) is 1. The molecule has 2 atom stereocenters. The molecular weight excluding hydrogens is 328 g/mol. The molecule has 0 aromatic heterocycles. The molecule has 2 fully saturated rings. The second kappa shape index (κ2) is 7.48. The Morgan fingerprint density at radius 1 is 0.960 bits per heavy atom. The minimum absolute atomic E-state index is 0. The van der Waals surface area contributed by atoms with Gasteiger partial charge in [0.25, 0.3) is 0 Å². The summed E-state index contributed by atoms with van der Waals surface area (Å²) in [6.07, 6.45) is 18.9. The number of halogens is 1. The molecule has 0 radical (unpaired) electrons. The van der Waals surface area contributed by atoms with Crippen molar-refractivity contribution < 1.29 is 0 Å². The van der Waals surface area contributed by atoms with Crippen LogP contribution in [-0.2, 0) is 0 Å². The molecule has 1 N–H and O–H groups in total. The summed E-state index contributed by atoms with van der Waals surface area (Å²) in [5.74, 6) is 1.86. The average Bonchev–Trinajstić information content (AvgIpc) is 2.95. The Labute approximate surface area is 159 Å². The lowest BCUT2D eigenvalue weighted by molar-refractivity contribution is 0.251. The number of hydrogen-bond acceptors (Lipinski definition) is 2. The molecule has 0 unspecified atom stereocenters. The highest BCUT2D eigenvalue weighted by molar-refractivity contribution is 5.85. The third-order valence-corrected chi connectivity index (χ3v) is 7.34. The summed E-state index contributed by atoms with van der Waals surface area (Å²) < 4.78 is 0. The van der Waals surface area contributed by atoms with Crippen molar-refractivity contribution in [3.63, 3.8) is 0 Å². The van der Waals surface area contributed by atoms with Gasteiger partial charge in [0.1, 0.15) is 0 Å². The van der Waals surface area contributed by atoms with Crippen LogP contribution in [0, 0.1) is 11.8 Å². The van der Waals surface area contributed by atoms with E-state index < -0.39 is 0 Å². The summed E-state index contributed by atoms with van der Waals surface area (Å²) in [7, 11) is 0. The second-order valence-electron chi connectivity index (χ2n) is 8.57. The number of allylic oxidation sites excluding steroid dienone is 3. The fourth-order valence-corrected chi connectivity index (χ4v) is 6.26. The van der Waals surface area contributed by atoms with Crippen molar-refractivity contribution in [1.82, 2.24) is 10.2 Å². The summed E-state index contributed by atoms with van der Waals surface area (Å²) in [6, 6.07) is 0.658. The van der Waals surface area contributed by atoms with Crippen molar-refractivity contribution in [3.05, 3.63) is 34.6 Å². The number of piperidine rings is 1. The summed E-state index contributed by atoms with van der Waals surface area (Å²) in [6.45, 7) is 3.50. The first-order valence-corrected chi connectivity index (χ1v) is 10.5. The SMILES string of the molecule is C1=CCN2C3=C(CC1)CC[C@@H](C1CCCCC1)C3=C1CCNC[C@@H]12.Cl. The fourth-order valence-electron chi connectivity index (χ4n) is 6.26. The van der Waals surface area contributed by atoms with Crippen molar-refractivity contribution in [1.29, 1.82) is 0 Å². The van der Waals surface area contributed by atoms with E-state index in [1.165, 1.54) is 77.3 Å². The maximum Gasteiger partial charge on any atom is 0.0637 e. The number of fused-ring (bicyclic) bond motifs is 2. The van der Waals surface area contributed by atoms with Crippen LogP contribution in [0.15, 0.2) is 34.6 Å². The lowest BCUT2D eigenvalue weighted by Gasteiger charge is -2.39. The van der Waals surface area contributed by atoms with Crippen LogP contribution in [0.4, 0.5) is 0 Å². The predicted molar refractivity (Wildman–Crippen MR) is 107 cm³/mol. The molecule has 0 spiro atoms. The van der Waals surface area contributed by atoms with Gasteiger partial charge in [0.2, 0.25) is 0 Å². The van der Waals surface area contributed by atoms with E-state index in [0.717, 1.165) is 18.4 Å². The van der Waals surface area contributed by atoms with Crippen LogP contribution in [0.3, 0.4) is 0 Å². The molecule has 2 aliphatic carbocycles. The molecule has 3 aliphatic heterocycles.